The van der Waals surface area contributed by atoms with Crippen molar-refractivity contribution in [3.05, 3.63) is 63.8 Å². The monoisotopic (exact) mass is 531 g/mol. The second-order valence-electron chi connectivity index (χ2n) is 9.32. The lowest BCUT2D eigenvalue weighted by Gasteiger charge is -2.42. The van der Waals surface area contributed by atoms with E-state index in [0.717, 1.165) is 25.7 Å². The molecule has 10 heteroatoms. The van der Waals surface area contributed by atoms with Crippen molar-refractivity contribution < 1.29 is 24.3 Å². The Balaban J connectivity index is 1.41. The number of benzene rings is 2. The molecular weight excluding hydrogens is 505 g/mol. The Kier molecular flexibility index (Phi) is 6.87. The Morgan fingerprint density at radius 2 is 1.94 bits per heavy atom. The van der Waals surface area contributed by atoms with E-state index < -0.39 is 17.7 Å². The van der Waals surface area contributed by atoms with E-state index in [0.29, 0.717) is 45.4 Å². The maximum absolute atomic E-state index is 13.2. The maximum atomic E-state index is 13.2. The van der Waals surface area contributed by atoms with Gasteiger partial charge in [0.1, 0.15) is 11.3 Å². The second kappa shape index (κ2) is 9.94. The van der Waals surface area contributed by atoms with Crippen LogP contribution in [0.2, 0.25) is 10.0 Å². The highest BCUT2D eigenvalue weighted by Gasteiger charge is 2.44. The molecule has 0 bridgehead atoms. The zero-order valence-corrected chi connectivity index (χ0v) is 21.2. The lowest BCUT2D eigenvalue weighted by molar-refractivity contribution is -0.138. The number of aliphatic hydroxyl groups is 1. The minimum absolute atomic E-state index is 0.0776. The lowest BCUT2D eigenvalue weighted by atomic mass is 9.93. The van der Waals surface area contributed by atoms with Crippen LogP contribution in [0.15, 0.2) is 52.0 Å². The number of fused-ring (bicyclic) bond motifs is 1. The predicted molar refractivity (Wildman–Crippen MR) is 137 cm³/mol. The summed E-state index contributed by atoms with van der Waals surface area (Å²) < 4.78 is 11.5. The van der Waals surface area contributed by atoms with Gasteiger partial charge in [0.2, 0.25) is 5.71 Å². The van der Waals surface area contributed by atoms with Crippen molar-refractivity contribution >= 4 is 45.8 Å². The summed E-state index contributed by atoms with van der Waals surface area (Å²) >= 11 is 12.6. The Morgan fingerprint density at radius 3 is 2.61 bits per heavy atom. The zero-order chi connectivity index (χ0) is 25.4. The van der Waals surface area contributed by atoms with Crippen molar-refractivity contribution in [2.24, 2.45) is 5.16 Å². The van der Waals surface area contributed by atoms with Gasteiger partial charge in [0.15, 0.2) is 11.5 Å². The summed E-state index contributed by atoms with van der Waals surface area (Å²) in [7, 11) is 0. The van der Waals surface area contributed by atoms with Gasteiger partial charge < -0.3 is 24.8 Å². The van der Waals surface area contributed by atoms with Gasteiger partial charge in [-0.05, 0) is 69.0 Å². The molecule has 1 amide bonds. The zero-order valence-electron chi connectivity index (χ0n) is 19.7. The summed E-state index contributed by atoms with van der Waals surface area (Å²) in [5.74, 6) is -0.0515. The third-order valence-corrected chi connectivity index (χ3v) is 7.27. The van der Waals surface area contributed by atoms with E-state index in [9.17, 15) is 15.1 Å². The van der Waals surface area contributed by atoms with Crippen LogP contribution in [-0.2, 0) is 10.5 Å². The number of furan rings is 1. The van der Waals surface area contributed by atoms with Crippen molar-refractivity contribution in [1.82, 2.24) is 10.2 Å². The van der Waals surface area contributed by atoms with E-state index in [1.807, 2.05) is 4.90 Å². The quantitative estimate of drug-likeness (QED) is 0.216. The minimum Gasteiger partial charge on any atom is -0.489 e. The standard InChI is InChI=1S/C26H27Cl2N3O5/c1-15(29-25(32)24(30-34)23-13-16-12-18(27)5-9-21(16)36-23)26(33,31-10-2-3-11-31)17-4-8-22(20(28)14-17)35-19-6-7-19/h4-5,8-9,12-15,19,33-34H,2-3,6-7,10-11H2,1H3,(H,29,32)/t15-,26+/m1/s1. The number of amides is 1. The first-order valence-corrected chi connectivity index (χ1v) is 12.7. The van der Waals surface area contributed by atoms with Crippen molar-refractivity contribution in [2.45, 2.75) is 50.5 Å². The van der Waals surface area contributed by atoms with Crippen LogP contribution in [0.4, 0.5) is 0 Å². The second-order valence-corrected chi connectivity index (χ2v) is 10.2. The first kappa shape index (κ1) is 24.9. The number of carbonyl (C=O) groups is 1. The van der Waals surface area contributed by atoms with Gasteiger partial charge in [-0.15, -0.1) is 0 Å². The average molecular weight is 532 g/mol. The number of halogens is 2. The smallest absolute Gasteiger partial charge is 0.277 e. The van der Waals surface area contributed by atoms with Gasteiger partial charge in [0.25, 0.3) is 5.91 Å². The molecule has 5 rings (SSSR count). The molecule has 2 aromatic carbocycles. The van der Waals surface area contributed by atoms with Gasteiger partial charge in [0.05, 0.1) is 17.2 Å². The fourth-order valence-corrected chi connectivity index (χ4v) is 5.06. The number of likely N-dealkylation sites (tertiary alicyclic amines) is 1. The number of carbonyl (C=O) groups excluding carboxylic acids is 1. The molecule has 1 saturated carbocycles. The molecule has 8 nitrogen and oxygen atoms in total. The summed E-state index contributed by atoms with van der Waals surface area (Å²) in [6.45, 7) is 3.01. The first-order chi connectivity index (χ1) is 17.3. The SMILES string of the molecule is C[C@@H](NC(=O)C(=NO)c1cc2cc(Cl)ccc2o1)[C@](O)(c1ccc(OC2CC2)c(Cl)c1)N1CCCC1. The molecule has 2 atom stereocenters. The van der Waals surface area contributed by atoms with Gasteiger partial charge in [-0.25, -0.2) is 0 Å². The van der Waals surface area contributed by atoms with Crippen LogP contribution in [0, 0.1) is 0 Å². The van der Waals surface area contributed by atoms with Crippen molar-refractivity contribution in [3.63, 3.8) is 0 Å². The highest BCUT2D eigenvalue weighted by molar-refractivity contribution is 6.44. The Bertz CT molecular complexity index is 1320. The van der Waals surface area contributed by atoms with E-state index >= 15 is 0 Å². The molecular formula is C26H27Cl2N3O5. The molecule has 36 heavy (non-hydrogen) atoms. The molecule has 1 aliphatic carbocycles. The predicted octanol–water partition coefficient (Wildman–Crippen LogP) is 4.90. The molecule has 1 aromatic heterocycles. The van der Waals surface area contributed by atoms with Crippen molar-refractivity contribution in [1.29, 1.82) is 0 Å². The number of ether oxygens (including phenoxy) is 1. The van der Waals surface area contributed by atoms with E-state index in [1.54, 1.807) is 49.4 Å². The molecule has 1 saturated heterocycles. The molecule has 2 heterocycles. The average Bonchev–Trinajstić information content (AvgIpc) is 3.31. The molecule has 190 valence electrons. The third-order valence-electron chi connectivity index (χ3n) is 6.74. The maximum Gasteiger partial charge on any atom is 0.277 e. The summed E-state index contributed by atoms with van der Waals surface area (Å²) in [5, 5.41) is 29.3. The number of nitrogens with one attached hydrogen (secondary N) is 1. The van der Waals surface area contributed by atoms with Crippen LogP contribution < -0.4 is 10.1 Å². The Labute approximate surface area is 218 Å². The topological polar surface area (TPSA) is 108 Å². The van der Waals surface area contributed by atoms with E-state index in [4.69, 9.17) is 32.4 Å². The molecule has 0 unspecified atom stereocenters. The third kappa shape index (κ3) is 4.78. The molecule has 3 N–H and O–H groups in total. The fraction of sp³-hybridized carbons (Fsp3) is 0.385. The van der Waals surface area contributed by atoms with Crippen molar-refractivity contribution in [2.75, 3.05) is 13.1 Å². The van der Waals surface area contributed by atoms with E-state index in [1.165, 1.54) is 0 Å². The summed E-state index contributed by atoms with van der Waals surface area (Å²) in [6.07, 6.45) is 4.04. The van der Waals surface area contributed by atoms with Gasteiger partial charge in [0, 0.05) is 29.1 Å². The molecule has 1 aliphatic heterocycles. The van der Waals surface area contributed by atoms with Gasteiger partial charge in [-0.3, -0.25) is 9.69 Å². The van der Waals surface area contributed by atoms with E-state index in [2.05, 4.69) is 10.5 Å². The Morgan fingerprint density at radius 1 is 1.19 bits per heavy atom. The molecule has 3 aromatic rings. The molecule has 2 aliphatic rings. The van der Waals surface area contributed by atoms with Gasteiger partial charge >= 0.3 is 0 Å². The molecule has 0 spiro atoms. The van der Waals surface area contributed by atoms with Crippen LogP contribution in [0.25, 0.3) is 11.0 Å². The highest BCUT2D eigenvalue weighted by atomic mass is 35.5. The summed E-state index contributed by atoms with van der Waals surface area (Å²) in [6, 6.07) is 11.0. The Hall–Kier alpha value is -2.78. The number of hydrogen-bond donors (Lipinski definition) is 3. The first-order valence-electron chi connectivity index (χ1n) is 12.0. The van der Waals surface area contributed by atoms with Gasteiger partial charge in [-0.2, -0.15) is 0 Å². The van der Waals surface area contributed by atoms with Gasteiger partial charge in [-0.1, -0.05) is 34.4 Å². The number of rotatable bonds is 8. The number of nitrogens with zero attached hydrogens (tertiary/aromatic N) is 2. The summed E-state index contributed by atoms with van der Waals surface area (Å²) in [4.78, 5) is 15.1. The van der Waals surface area contributed by atoms with E-state index in [-0.39, 0.29) is 17.6 Å². The van der Waals surface area contributed by atoms with Crippen LogP contribution in [-0.4, -0.2) is 52.1 Å². The highest BCUT2D eigenvalue weighted by Crippen LogP contribution is 2.38. The normalized spacial score (nSPS) is 19.3. The molecule has 0 radical (unpaired) electrons. The lowest BCUT2D eigenvalue weighted by Crippen LogP contribution is -2.59. The van der Waals surface area contributed by atoms with Crippen LogP contribution >= 0.6 is 23.2 Å². The summed E-state index contributed by atoms with van der Waals surface area (Å²) in [5.41, 5.74) is -0.848. The van der Waals surface area contributed by atoms with Crippen molar-refractivity contribution in [3.8, 4) is 5.75 Å². The number of oxime groups is 1. The van der Waals surface area contributed by atoms with Crippen LogP contribution in [0.3, 0.4) is 0 Å². The van der Waals surface area contributed by atoms with Crippen LogP contribution in [0.5, 0.6) is 5.75 Å². The fourth-order valence-electron chi connectivity index (χ4n) is 4.66. The minimum atomic E-state index is -1.56. The van der Waals surface area contributed by atoms with Crippen LogP contribution in [0.1, 0.15) is 43.9 Å². The largest absolute Gasteiger partial charge is 0.489 e. The number of hydrogen-bond acceptors (Lipinski definition) is 7. The molecule has 2 fully saturated rings.